The van der Waals surface area contributed by atoms with Crippen LogP contribution >= 0.6 is 0 Å². The summed E-state index contributed by atoms with van der Waals surface area (Å²) in [6.45, 7) is 5.27. The molecule has 2 aliphatic heterocycles. The van der Waals surface area contributed by atoms with Gasteiger partial charge < -0.3 is 14.7 Å². The van der Waals surface area contributed by atoms with Gasteiger partial charge in [0.25, 0.3) is 0 Å². The topological polar surface area (TPSA) is 65.5 Å². The summed E-state index contributed by atoms with van der Waals surface area (Å²) >= 11 is 0. The molecule has 0 spiro atoms. The van der Waals surface area contributed by atoms with Gasteiger partial charge in [-0.2, -0.15) is 0 Å². The third-order valence-corrected chi connectivity index (χ3v) is 5.76. The van der Waals surface area contributed by atoms with Crippen LogP contribution in [0.1, 0.15) is 25.7 Å². The Morgan fingerprint density at radius 2 is 1.82 bits per heavy atom. The molecule has 1 unspecified atom stereocenters. The predicted molar refractivity (Wildman–Crippen MR) is 109 cm³/mol. The quantitative estimate of drug-likeness (QED) is 0.792. The minimum atomic E-state index is 0.289. The average molecular weight is 380 g/mol. The van der Waals surface area contributed by atoms with Gasteiger partial charge >= 0.3 is 0 Å². The van der Waals surface area contributed by atoms with E-state index in [0.717, 1.165) is 63.7 Å². The molecule has 148 valence electrons. The molecule has 7 nitrogen and oxygen atoms in total. The van der Waals surface area contributed by atoms with E-state index >= 15 is 0 Å². The van der Waals surface area contributed by atoms with E-state index in [4.69, 9.17) is 0 Å². The number of piperazine rings is 1. The molecule has 2 aromatic heterocycles. The first-order chi connectivity index (χ1) is 13.8. The molecule has 2 aromatic rings. The van der Waals surface area contributed by atoms with Crippen LogP contribution in [-0.4, -0.2) is 65.0 Å². The van der Waals surface area contributed by atoms with Gasteiger partial charge in [-0.1, -0.05) is 6.07 Å². The summed E-state index contributed by atoms with van der Waals surface area (Å²) in [5.74, 6) is 2.79. The fraction of sp³-hybridized carbons (Fsp3) is 0.524. The first kappa shape index (κ1) is 18.7. The van der Waals surface area contributed by atoms with Gasteiger partial charge in [0.05, 0.1) is 6.20 Å². The maximum atomic E-state index is 12.7. The number of anilines is 2. The molecule has 7 heteroatoms. The molecule has 28 heavy (non-hydrogen) atoms. The molecule has 4 heterocycles. The standard InChI is InChI=1S/C21H28N6O/c28-21(26-14-12-25(13-15-26)19-5-1-2-8-23-19)7-6-18-4-3-11-27(17-18)20-16-22-9-10-24-20/h1-2,5,8-10,16,18H,3-4,6-7,11-15,17H2. The lowest BCUT2D eigenvalue weighted by Gasteiger charge is -2.36. The number of hydrogen-bond acceptors (Lipinski definition) is 6. The third kappa shape index (κ3) is 4.58. The van der Waals surface area contributed by atoms with Crippen LogP contribution in [-0.2, 0) is 4.79 Å². The van der Waals surface area contributed by atoms with E-state index in [1.54, 1.807) is 12.4 Å². The smallest absolute Gasteiger partial charge is 0.222 e. The Morgan fingerprint density at radius 1 is 0.964 bits per heavy atom. The second-order valence-corrected chi connectivity index (χ2v) is 7.61. The Hall–Kier alpha value is -2.70. The van der Waals surface area contributed by atoms with E-state index in [-0.39, 0.29) is 5.91 Å². The zero-order chi connectivity index (χ0) is 19.2. The lowest BCUT2D eigenvalue weighted by atomic mass is 9.93. The molecule has 1 amide bonds. The lowest BCUT2D eigenvalue weighted by molar-refractivity contribution is -0.131. The third-order valence-electron chi connectivity index (χ3n) is 5.76. The number of carbonyl (C=O) groups excluding carboxylic acids is 1. The van der Waals surface area contributed by atoms with Crippen LogP contribution in [0.25, 0.3) is 0 Å². The summed E-state index contributed by atoms with van der Waals surface area (Å²) < 4.78 is 0. The van der Waals surface area contributed by atoms with Crippen molar-refractivity contribution in [1.82, 2.24) is 19.9 Å². The first-order valence-corrected chi connectivity index (χ1v) is 10.2. The van der Waals surface area contributed by atoms with Crippen LogP contribution in [0.5, 0.6) is 0 Å². The molecule has 0 radical (unpaired) electrons. The Kier molecular flexibility index (Phi) is 5.99. The van der Waals surface area contributed by atoms with Crippen LogP contribution in [0.3, 0.4) is 0 Å². The zero-order valence-electron chi connectivity index (χ0n) is 16.3. The maximum Gasteiger partial charge on any atom is 0.222 e. The van der Waals surface area contributed by atoms with E-state index in [1.165, 1.54) is 6.42 Å². The molecule has 4 rings (SSSR count). The van der Waals surface area contributed by atoms with E-state index in [0.29, 0.717) is 12.3 Å². The molecule has 2 saturated heterocycles. The van der Waals surface area contributed by atoms with Gasteiger partial charge in [-0.15, -0.1) is 0 Å². The Balaban J connectivity index is 1.22. The van der Waals surface area contributed by atoms with Crippen molar-refractivity contribution in [1.29, 1.82) is 0 Å². The highest BCUT2D eigenvalue weighted by Gasteiger charge is 2.25. The SMILES string of the molecule is O=C(CCC1CCCN(c2cnccn2)C1)N1CCN(c2ccccn2)CC1. The lowest BCUT2D eigenvalue weighted by Crippen LogP contribution is -2.49. The molecule has 0 N–H and O–H groups in total. The van der Waals surface area contributed by atoms with E-state index in [2.05, 4.69) is 24.8 Å². The Morgan fingerprint density at radius 3 is 2.57 bits per heavy atom. The summed E-state index contributed by atoms with van der Waals surface area (Å²) in [6, 6.07) is 5.97. The highest BCUT2D eigenvalue weighted by atomic mass is 16.2. The van der Waals surface area contributed by atoms with E-state index < -0.39 is 0 Å². The van der Waals surface area contributed by atoms with Crippen molar-refractivity contribution in [3.63, 3.8) is 0 Å². The summed E-state index contributed by atoms with van der Waals surface area (Å²) in [7, 11) is 0. The van der Waals surface area contributed by atoms with Crippen LogP contribution in [0.4, 0.5) is 11.6 Å². The number of amides is 1. The van der Waals surface area contributed by atoms with Crippen molar-refractivity contribution in [2.75, 3.05) is 49.1 Å². The van der Waals surface area contributed by atoms with Crippen molar-refractivity contribution < 1.29 is 4.79 Å². The number of pyridine rings is 1. The molecule has 0 saturated carbocycles. The molecule has 2 fully saturated rings. The van der Waals surface area contributed by atoms with Gasteiger partial charge in [-0.25, -0.2) is 9.97 Å². The van der Waals surface area contributed by atoms with Gasteiger partial charge in [0.15, 0.2) is 0 Å². The fourth-order valence-corrected chi connectivity index (χ4v) is 4.17. The molecule has 0 bridgehead atoms. The summed E-state index contributed by atoms with van der Waals surface area (Å²) in [5, 5.41) is 0. The van der Waals surface area contributed by atoms with Crippen molar-refractivity contribution in [2.24, 2.45) is 5.92 Å². The zero-order valence-corrected chi connectivity index (χ0v) is 16.3. The molecule has 1 atom stereocenters. The second-order valence-electron chi connectivity index (χ2n) is 7.61. The molecular weight excluding hydrogens is 352 g/mol. The number of carbonyl (C=O) groups is 1. The van der Waals surface area contributed by atoms with Gasteiger partial charge in [-0.3, -0.25) is 9.78 Å². The summed E-state index contributed by atoms with van der Waals surface area (Å²) in [6.07, 6.45) is 11.0. The summed E-state index contributed by atoms with van der Waals surface area (Å²) in [4.78, 5) is 32.3. The highest BCUT2D eigenvalue weighted by Crippen LogP contribution is 2.24. The minimum Gasteiger partial charge on any atom is -0.355 e. The maximum absolute atomic E-state index is 12.7. The Labute approximate surface area is 166 Å². The normalized spacial score (nSPS) is 20.3. The van der Waals surface area contributed by atoms with Gasteiger partial charge in [0, 0.05) is 64.3 Å². The van der Waals surface area contributed by atoms with Gasteiger partial charge in [-0.05, 0) is 37.3 Å². The second kappa shape index (κ2) is 8.99. The minimum absolute atomic E-state index is 0.289. The highest BCUT2D eigenvalue weighted by molar-refractivity contribution is 5.76. The first-order valence-electron chi connectivity index (χ1n) is 10.2. The molecular formula is C21H28N6O. The largest absolute Gasteiger partial charge is 0.355 e. The number of nitrogens with zero attached hydrogens (tertiary/aromatic N) is 6. The van der Waals surface area contributed by atoms with Crippen molar-refractivity contribution in [3.8, 4) is 0 Å². The van der Waals surface area contributed by atoms with Crippen LogP contribution in [0.15, 0.2) is 43.0 Å². The van der Waals surface area contributed by atoms with Crippen LogP contribution in [0.2, 0.25) is 0 Å². The van der Waals surface area contributed by atoms with E-state index in [9.17, 15) is 4.79 Å². The number of aromatic nitrogens is 3. The molecule has 0 aromatic carbocycles. The predicted octanol–water partition coefficient (Wildman–Crippen LogP) is 2.22. The summed E-state index contributed by atoms with van der Waals surface area (Å²) in [5.41, 5.74) is 0. The van der Waals surface area contributed by atoms with Crippen LogP contribution in [0, 0.1) is 5.92 Å². The van der Waals surface area contributed by atoms with E-state index in [1.807, 2.05) is 35.5 Å². The number of hydrogen-bond donors (Lipinski definition) is 0. The van der Waals surface area contributed by atoms with Crippen LogP contribution < -0.4 is 9.80 Å². The number of rotatable bonds is 5. The van der Waals surface area contributed by atoms with Crippen molar-refractivity contribution in [2.45, 2.75) is 25.7 Å². The fourth-order valence-electron chi connectivity index (χ4n) is 4.17. The average Bonchev–Trinajstić information content (AvgIpc) is 2.79. The molecule has 2 aliphatic rings. The van der Waals surface area contributed by atoms with Gasteiger partial charge in [0.1, 0.15) is 11.6 Å². The van der Waals surface area contributed by atoms with Gasteiger partial charge in [0.2, 0.25) is 5.91 Å². The Bertz CT molecular complexity index is 748. The van der Waals surface area contributed by atoms with Crippen molar-refractivity contribution >= 4 is 17.5 Å². The van der Waals surface area contributed by atoms with Crippen molar-refractivity contribution in [3.05, 3.63) is 43.0 Å². The monoisotopic (exact) mass is 380 g/mol. The molecule has 0 aliphatic carbocycles. The number of piperidine rings is 1.